The van der Waals surface area contributed by atoms with Crippen LogP contribution < -0.4 is 10.2 Å². The fraction of sp³-hybridized carbons (Fsp3) is 0.200. The van der Waals surface area contributed by atoms with Gasteiger partial charge < -0.3 is 10.2 Å². The van der Waals surface area contributed by atoms with Crippen LogP contribution in [-0.2, 0) is 0 Å². The van der Waals surface area contributed by atoms with Crippen molar-refractivity contribution in [2.45, 2.75) is 13.0 Å². The molecule has 0 radical (unpaired) electrons. The Labute approximate surface area is 157 Å². The summed E-state index contributed by atoms with van der Waals surface area (Å²) < 4.78 is 1.91. The second-order valence-corrected chi connectivity index (χ2v) is 7.01. The van der Waals surface area contributed by atoms with Gasteiger partial charge in [0.1, 0.15) is 11.9 Å². The molecule has 1 aromatic heterocycles. The molecule has 0 aliphatic carbocycles. The Balaban J connectivity index is 1.76. The predicted molar refractivity (Wildman–Crippen MR) is 107 cm³/mol. The SMILES string of the molecule is Cc1nc2n(n1)[C@H](c1ccc(Cl)cc1)C=C(c1ccc(N(C)C)cc1)N2. The number of halogens is 1. The van der Waals surface area contributed by atoms with Crippen molar-refractivity contribution < 1.29 is 0 Å². The van der Waals surface area contributed by atoms with Crippen LogP contribution in [0.1, 0.15) is 23.0 Å². The number of aromatic nitrogens is 3. The number of benzene rings is 2. The van der Waals surface area contributed by atoms with E-state index in [1.807, 2.05) is 50.0 Å². The monoisotopic (exact) mass is 365 g/mol. The maximum absolute atomic E-state index is 6.05. The molecule has 26 heavy (non-hydrogen) atoms. The highest BCUT2D eigenvalue weighted by Crippen LogP contribution is 2.33. The molecule has 2 heterocycles. The van der Waals surface area contributed by atoms with Gasteiger partial charge in [0.25, 0.3) is 0 Å². The van der Waals surface area contributed by atoms with Crippen LogP contribution in [0.15, 0.2) is 54.6 Å². The van der Waals surface area contributed by atoms with Gasteiger partial charge in [0.05, 0.1) is 0 Å². The Morgan fingerprint density at radius 2 is 1.73 bits per heavy atom. The van der Waals surface area contributed by atoms with E-state index in [2.05, 4.69) is 50.6 Å². The van der Waals surface area contributed by atoms with Gasteiger partial charge in [-0.3, -0.25) is 0 Å². The van der Waals surface area contributed by atoms with Gasteiger partial charge in [-0.25, -0.2) is 4.68 Å². The first kappa shape index (κ1) is 16.7. The summed E-state index contributed by atoms with van der Waals surface area (Å²) in [5.74, 6) is 1.49. The van der Waals surface area contributed by atoms with E-state index in [4.69, 9.17) is 11.6 Å². The van der Waals surface area contributed by atoms with Gasteiger partial charge in [0.15, 0.2) is 0 Å². The molecule has 4 rings (SSSR count). The van der Waals surface area contributed by atoms with E-state index < -0.39 is 0 Å². The zero-order valence-corrected chi connectivity index (χ0v) is 15.7. The molecule has 0 amide bonds. The zero-order chi connectivity index (χ0) is 18.3. The molecule has 6 heteroatoms. The second-order valence-electron chi connectivity index (χ2n) is 6.57. The van der Waals surface area contributed by atoms with Crippen LogP contribution in [0, 0.1) is 6.92 Å². The minimum atomic E-state index is -0.0340. The van der Waals surface area contributed by atoms with Gasteiger partial charge in [-0.1, -0.05) is 35.9 Å². The molecular weight excluding hydrogens is 346 g/mol. The van der Waals surface area contributed by atoms with E-state index in [0.717, 1.165) is 33.6 Å². The van der Waals surface area contributed by atoms with Gasteiger partial charge in [-0.05, 0) is 48.4 Å². The van der Waals surface area contributed by atoms with Gasteiger partial charge in [0, 0.05) is 30.5 Å². The summed E-state index contributed by atoms with van der Waals surface area (Å²) in [5, 5.41) is 8.68. The molecule has 2 aromatic carbocycles. The van der Waals surface area contributed by atoms with E-state index >= 15 is 0 Å². The molecule has 0 saturated heterocycles. The number of hydrogen-bond acceptors (Lipinski definition) is 4. The lowest BCUT2D eigenvalue weighted by molar-refractivity contribution is 0.607. The summed E-state index contributed by atoms with van der Waals surface area (Å²) >= 11 is 6.05. The van der Waals surface area contributed by atoms with Crippen molar-refractivity contribution in [1.29, 1.82) is 0 Å². The predicted octanol–water partition coefficient (Wildman–Crippen LogP) is 4.36. The smallest absolute Gasteiger partial charge is 0.226 e. The number of nitrogens with one attached hydrogen (secondary N) is 1. The van der Waals surface area contributed by atoms with Crippen LogP contribution in [0.2, 0.25) is 5.02 Å². The fourth-order valence-electron chi connectivity index (χ4n) is 3.10. The van der Waals surface area contributed by atoms with Crippen molar-refractivity contribution in [3.63, 3.8) is 0 Å². The largest absolute Gasteiger partial charge is 0.378 e. The average Bonchev–Trinajstić information content (AvgIpc) is 3.02. The highest BCUT2D eigenvalue weighted by atomic mass is 35.5. The van der Waals surface area contributed by atoms with Gasteiger partial charge in [-0.15, -0.1) is 0 Å². The molecule has 1 atom stereocenters. The minimum absolute atomic E-state index is 0.0340. The molecule has 0 spiro atoms. The Hall–Kier alpha value is -2.79. The quantitative estimate of drug-likeness (QED) is 0.749. The maximum atomic E-state index is 6.05. The summed E-state index contributed by atoms with van der Waals surface area (Å²) in [4.78, 5) is 6.62. The standard InChI is InChI=1S/C20H20ClN5/c1-13-22-20-23-18(14-6-10-17(11-7-14)25(2)3)12-19(26(20)24-13)15-4-8-16(21)9-5-15/h4-12,19H,1-3H3,(H,22,23,24)/t19-/m0/s1. The molecule has 1 aliphatic heterocycles. The molecule has 0 unspecified atom stereocenters. The van der Waals surface area contributed by atoms with Gasteiger partial charge in [0.2, 0.25) is 5.95 Å². The normalized spacial score (nSPS) is 15.8. The van der Waals surface area contributed by atoms with E-state index in [1.54, 1.807) is 0 Å². The van der Waals surface area contributed by atoms with Gasteiger partial charge in [-0.2, -0.15) is 10.1 Å². The van der Waals surface area contributed by atoms with Crippen LogP contribution in [-0.4, -0.2) is 28.9 Å². The number of allylic oxidation sites excluding steroid dienone is 1. The molecule has 3 aromatic rings. The summed E-state index contributed by atoms with van der Waals surface area (Å²) in [5.41, 5.74) is 4.42. The molecule has 0 bridgehead atoms. The van der Waals surface area contributed by atoms with Crippen molar-refractivity contribution in [2.24, 2.45) is 0 Å². The third-order valence-electron chi connectivity index (χ3n) is 4.48. The second kappa shape index (κ2) is 6.50. The Bertz CT molecular complexity index is 955. The highest BCUT2D eigenvalue weighted by molar-refractivity contribution is 6.30. The third kappa shape index (κ3) is 3.06. The summed E-state index contributed by atoms with van der Waals surface area (Å²) in [6.45, 7) is 1.90. The topological polar surface area (TPSA) is 46.0 Å². The van der Waals surface area contributed by atoms with Crippen molar-refractivity contribution in [3.8, 4) is 0 Å². The first-order chi connectivity index (χ1) is 12.5. The molecule has 132 valence electrons. The molecule has 5 nitrogen and oxygen atoms in total. The van der Waals surface area contributed by atoms with Crippen molar-refractivity contribution in [2.75, 3.05) is 24.3 Å². The minimum Gasteiger partial charge on any atom is -0.378 e. The van der Waals surface area contributed by atoms with E-state index in [-0.39, 0.29) is 6.04 Å². The molecule has 0 saturated carbocycles. The van der Waals surface area contributed by atoms with Gasteiger partial charge >= 0.3 is 0 Å². The Kier molecular flexibility index (Phi) is 4.17. The van der Waals surface area contributed by atoms with Crippen LogP contribution >= 0.6 is 11.6 Å². The van der Waals surface area contributed by atoms with Crippen LogP contribution in [0.3, 0.4) is 0 Å². The van der Waals surface area contributed by atoms with Crippen molar-refractivity contribution >= 4 is 28.9 Å². The lowest BCUT2D eigenvalue weighted by Crippen LogP contribution is -2.20. The lowest BCUT2D eigenvalue weighted by Gasteiger charge is -2.24. The first-order valence-corrected chi connectivity index (χ1v) is 8.84. The van der Waals surface area contributed by atoms with Crippen molar-refractivity contribution in [3.05, 3.63) is 76.6 Å². The van der Waals surface area contributed by atoms with E-state index in [0.29, 0.717) is 0 Å². The van der Waals surface area contributed by atoms with E-state index in [9.17, 15) is 0 Å². The van der Waals surface area contributed by atoms with Crippen molar-refractivity contribution in [1.82, 2.24) is 14.8 Å². The third-order valence-corrected chi connectivity index (χ3v) is 4.73. The fourth-order valence-corrected chi connectivity index (χ4v) is 3.23. The number of aryl methyl sites for hydroxylation is 1. The molecular formula is C20H20ClN5. The maximum Gasteiger partial charge on any atom is 0.226 e. The number of rotatable bonds is 3. The number of hydrogen-bond donors (Lipinski definition) is 1. The highest BCUT2D eigenvalue weighted by Gasteiger charge is 2.24. The van der Waals surface area contributed by atoms with Crippen LogP contribution in [0.5, 0.6) is 0 Å². The van der Waals surface area contributed by atoms with Crippen LogP contribution in [0.4, 0.5) is 11.6 Å². The molecule has 1 aliphatic rings. The lowest BCUT2D eigenvalue weighted by atomic mass is 10.0. The summed E-state index contributed by atoms with van der Waals surface area (Å²) in [6, 6.07) is 16.3. The molecule has 0 fully saturated rings. The summed E-state index contributed by atoms with van der Waals surface area (Å²) in [6.07, 6.45) is 2.18. The Morgan fingerprint density at radius 1 is 1.04 bits per heavy atom. The average molecular weight is 366 g/mol. The summed E-state index contributed by atoms with van der Waals surface area (Å²) in [7, 11) is 4.07. The number of nitrogens with zero attached hydrogens (tertiary/aromatic N) is 4. The zero-order valence-electron chi connectivity index (χ0n) is 14.9. The van der Waals surface area contributed by atoms with E-state index in [1.165, 1.54) is 5.69 Å². The first-order valence-electron chi connectivity index (χ1n) is 8.46. The molecule has 1 N–H and O–H groups in total. The Morgan fingerprint density at radius 3 is 2.38 bits per heavy atom. The number of fused-ring (bicyclic) bond motifs is 1. The number of anilines is 2. The van der Waals surface area contributed by atoms with Crippen LogP contribution in [0.25, 0.3) is 5.70 Å².